The fourth-order valence-corrected chi connectivity index (χ4v) is 3.66. The first-order chi connectivity index (χ1) is 13.7. The van der Waals surface area contributed by atoms with E-state index in [1.165, 1.54) is 0 Å². The highest BCUT2D eigenvalue weighted by molar-refractivity contribution is 6.04. The first kappa shape index (κ1) is 20.8. The molecule has 0 spiro atoms. The summed E-state index contributed by atoms with van der Waals surface area (Å²) in [4.78, 5) is 30.1. The number of amides is 1. The van der Waals surface area contributed by atoms with Crippen LogP contribution in [0, 0.1) is 19.8 Å². The van der Waals surface area contributed by atoms with E-state index in [2.05, 4.69) is 28.8 Å². The minimum Gasteiger partial charge on any atom is -0.496 e. The first-order valence-corrected chi connectivity index (χ1v) is 9.94. The van der Waals surface area contributed by atoms with Crippen molar-refractivity contribution in [3.8, 4) is 5.75 Å². The van der Waals surface area contributed by atoms with Gasteiger partial charge in [-0.1, -0.05) is 13.8 Å². The first-order valence-electron chi connectivity index (χ1n) is 9.94. The molecule has 29 heavy (non-hydrogen) atoms. The summed E-state index contributed by atoms with van der Waals surface area (Å²) in [6.07, 6.45) is 4.34. The number of rotatable bonds is 6. The number of nitrogen functional groups attached to an aromatic ring is 1. The number of aryl methyl sites for hydroxylation is 1. The topological polar surface area (TPSA) is 97.5 Å². The number of aromatic nitrogens is 3. The highest BCUT2D eigenvalue weighted by Gasteiger charge is 2.37. The minimum absolute atomic E-state index is 0.0308. The van der Waals surface area contributed by atoms with Crippen molar-refractivity contribution in [2.45, 2.75) is 53.6 Å². The molecule has 0 fully saturated rings. The number of methoxy groups -OCH3 is 1. The van der Waals surface area contributed by atoms with Gasteiger partial charge in [-0.3, -0.25) is 9.78 Å². The molecule has 0 bridgehead atoms. The van der Waals surface area contributed by atoms with E-state index in [-0.39, 0.29) is 11.9 Å². The molecular weight excluding hydrogens is 368 g/mol. The number of hydrogen-bond acceptors (Lipinski definition) is 7. The van der Waals surface area contributed by atoms with Gasteiger partial charge in [0.1, 0.15) is 17.5 Å². The van der Waals surface area contributed by atoms with E-state index in [4.69, 9.17) is 10.5 Å². The quantitative estimate of drug-likeness (QED) is 0.799. The second-order valence-corrected chi connectivity index (χ2v) is 7.96. The number of nitrogens with two attached hydrogens (primary N) is 1. The molecule has 1 amide bonds. The third-order valence-corrected chi connectivity index (χ3v) is 5.42. The fourth-order valence-electron chi connectivity index (χ4n) is 3.66. The number of carbonyl (C=O) groups is 1. The third kappa shape index (κ3) is 3.97. The van der Waals surface area contributed by atoms with Crippen LogP contribution in [0.3, 0.4) is 0 Å². The maximum absolute atomic E-state index is 13.2. The number of hydrogen-bond donors (Lipinski definition) is 1. The Morgan fingerprint density at radius 2 is 1.97 bits per heavy atom. The van der Waals surface area contributed by atoms with Crippen LogP contribution < -0.4 is 20.3 Å². The Bertz CT molecular complexity index is 914. The molecule has 3 heterocycles. The van der Waals surface area contributed by atoms with Crippen LogP contribution in [0.2, 0.25) is 0 Å². The van der Waals surface area contributed by atoms with Crippen molar-refractivity contribution >= 4 is 23.4 Å². The number of carbonyl (C=O) groups excluding carboxylic acids is 1. The van der Waals surface area contributed by atoms with E-state index < -0.39 is 6.04 Å². The van der Waals surface area contributed by atoms with Gasteiger partial charge in [-0.25, -0.2) is 4.98 Å². The van der Waals surface area contributed by atoms with Gasteiger partial charge in [0.25, 0.3) is 0 Å². The Hall–Kier alpha value is -2.90. The van der Waals surface area contributed by atoms with Gasteiger partial charge in [0.15, 0.2) is 5.82 Å². The van der Waals surface area contributed by atoms with Crippen LogP contribution in [0.1, 0.15) is 44.0 Å². The molecule has 0 aliphatic carbocycles. The number of nitrogens with zero attached hydrogens (tertiary/aromatic N) is 5. The van der Waals surface area contributed by atoms with E-state index >= 15 is 0 Å². The predicted molar refractivity (Wildman–Crippen MR) is 114 cm³/mol. The van der Waals surface area contributed by atoms with Crippen molar-refractivity contribution in [3.63, 3.8) is 0 Å². The summed E-state index contributed by atoms with van der Waals surface area (Å²) in [5, 5.41) is 0. The minimum atomic E-state index is -0.391. The van der Waals surface area contributed by atoms with Gasteiger partial charge in [0.05, 0.1) is 25.5 Å². The van der Waals surface area contributed by atoms with Gasteiger partial charge in [0.2, 0.25) is 11.9 Å². The second-order valence-electron chi connectivity index (χ2n) is 7.96. The van der Waals surface area contributed by atoms with E-state index in [1.54, 1.807) is 24.4 Å². The highest BCUT2D eigenvalue weighted by Crippen LogP contribution is 2.36. The summed E-state index contributed by atoms with van der Waals surface area (Å²) in [7, 11) is 1.65. The number of pyridine rings is 1. The zero-order valence-electron chi connectivity index (χ0n) is 18.1. The molecule has 0 saturated heterocycles. The maximum Gasteiger partial charge on any atom is 0.249 e. The van der Waals surface area contributed by atoms with Gasteiger partial charge >= 0.3 is 0 Å². The SMILES string of the molecule is COc1c(C)cnc(CN2c3nc(N)ncc3N(CCC(C)C)C(=O)[C@H]2C)c1C. The smallest absolute Gasteiger partial charge is 0.249 e. The molecule has 1 atom stereocenters. The molecule has 2 aromatic heterocycles. The van der Waals surface area contributed by atoms with Crippen LogP contribution in [0.15, 0.2) is 12.4 Å². The molecule has 0 aromatic carbocycles. The van der Waals surface area contributed by atoms with Crippen LogP contribution in [0.5, 0.6) is 5.75 Å². The lowest BCUT2D eigenvalue weighted by Gasteiger charge is -2.40. The lowest BCUT2D eigenvalue weighted by atomic mass is 10.1. The van der Waals surface area contributed by atoms with Gasteiger partial charge in [0, 0.05) is 23.9 Å². The molecule has 0 saturated carbocycles. The molecule has 8 nitrogen and oxygen atoms in total. The largest absolute Gasteiger partial charge is 0.496 e. The van der Waals surface area contributed by atoms with Gasteiger partial charge in [-0.2, -0.15) is 4.98 Å². The van der Waals surface area contributed by atoms with E-state index in [0.29, 0.717) is 30.5 Å². The van der Waals surface area contributed by atoms with Crippen molar-refractivity contribution in [1.82, 2.24) is 15.0 Å². The Balaban J connectivity index is 2.02. The predicted octanol–water partition coefficient (Wildman–Crippen LogP) is 2.87. The molecule has 8 heteroatoms. The van der Waals surface area contributed by atoms with Crippen molar-refractivity contribution in [3.05, 3.63) is 29.2 Å². The summed E-state index contributed by atoms with van der Waals surface area (Å²) in [5.41, 5.74) is 9.36. The molecule has 156 valence electrons. The Morgan fingerprint density at radius 1 is 1.24 bits per heavy atom. The zero-order chi connectivity index (χ0) is 21.3. The van der Waals surface area contributed by atoms with Crippen molar-refractivity contribution in [1.29, 1.82) is 0 Å². The summed E-state index contributed by atoms with van der Waals surface area (Å²) >= 11 is 0. The molecule has 0 radical (unpaired) electrons. The van der Waals surface area contributed by atoms with Gasteiger partial charge in [-0.15, -0.1) is 0 Å². The third-order valence-electron chi connectivity index (χ3n) is 5.42. The van der Waals surface area contributed by atoms with Crippen LogP contribution >= 0.6 is 0 Å². The summed E-state index contributed by atoms with van der Waals surface area (Å²) in [6, 6.07) is -0.391. The van der Waals surface area contributed by atoms with E-state index in [0.717, 1.165) is 29.0 Å². The number of ether oxygens (including phenoxy) is 1. The molecule has 3 rings (SSSR count). The molecule has 1 aliphatic rings. The normalized spacial score (nSPS) is 16.4. The molecule has 0 unspecified atom stereocenters. The lowest BCUT2D eigenvalue weighted by Crippen LogP contribution is -2.52. The number of fused-ring (bicyclic) bond motifs is 1. The second kappa shape index (κ2) is 8.23. The Labute approximate surface area is 172 Å². The zero-order valence-corrected chi connectivity index (χ0v) is 18.1. The van der Waals surface area contributed by atoms with Crippen LogP contribution in [0.4, 0.5) is 17.5 Å². The highest BCUT2D eigenvalue weighted by atomic mass is 16.5. The summed E-state index contributed by atoms with van der Waals surface area (Å²) < 4.78 is 5.53. The fraction of sp³-hybridized carbons (Fsp3) is 0.524. The molecule has 2 aromatic rings. The van der Waals surface area contributed by atoms with Crippen LogP contribution in [0.25, 0.3) is 0 Å². The molecule has 1 aliphatic heterocycles. The maximum atomic E-state index is 13.2. The Morgan fingerprint density at radius 3 is 2.62 bits per heavy atom. The van der Waals surface area contributed by atoms with E-state index in [9.17, 15) is 4.79 Å². The standard InChI is InChI=1S/C21H30N6O2/c1-12(2)7-8-26-17-10-24-21(22)25-19(17)27(15(5)20(26)28)11-16-14(4)18(29-6)13(3)9-23-16/h9-10,12,15H,7-8,11H2,1-6H3,(H2,22,24,25)/t15-/m1/s1. The lowest BCUT2D eigenvalue weighted by molar-refractivity contribution is -0.120. The van der Waals surface area contributed by atoms with Gasteiger partial charge < -0.3 is 20.3 Å². The average molecular weight is 399 g/mol. The molecule has 2 N–H and O–H groups in total. The summed E-state index contributed by atoms with van der Waals surface area (Å²) in [5.74, 6) is 2.18. The molecular formula is C21H30N6O2. The van der Waals surface area contributed by atoms with E-state index in [1.807, 2.05) is 25.7 Å². The monoisotopic (exact) mass is 398 g/mol. The summed E-state index contributed by atoms with van der Waals surface area (Å²) in [6.45, 7) is 11.2. The van der Waals surface area contributed by atoms with Crippen LogP contribution in [-0.2, 0) is 11.3 Å². The number of anilines is 3. The van der Waals surface area contributed by atoms with Crippen LogP contribution in [-0.4, -0.2) is 40.6 Å². The van der Waals surface area contributed by atoms with Crippen molar-refractivity contribution < 1.29 is 9.53 Å². The Kier molecular flexibility index (Phi) is 5.91. The van der Waals surface area contributed by atoms with Crippen molar-refractivity contribution in [2.75, 3.05) is 29.2 Å². The average Bonchev–Trinajstić information content (AvgIpc) is 2.67. The van der Waals surface area contributed by atoms with Gasteiger partial charge in [-0.05, 0) is 33.1 Å². The van der Waals surface area contributed by atoms with Crippen molar-refractivity contribution in [2.24, 2.45) is 5.92 Å².